The van der Waals surface area contributed by atoms with Gasteiger partial charge in [0.25, 0.3) is 5.91 Å². The highest BCUT2D eigenvalue weighted by atomic mass is 32.2. The molecule has 10 heteroatoms. The summed E-state index contributed by atoms with van der Waals surface area (Å²) in [6, 6.07) is 12.9. The third-order valence-corrected chi connectivity index (χ3v) is 6.84. The lowest BCUT2D eigenvalue weighted by molar-refractivity contribution is -0.156. The monoisotopic (exact) mass is 484 g/mol. The van der Waals surface area contributed by atoms with Crippen LogP contribution in [-0.4, -0.2) is 70.9 Å². The summed E-state index contributed by atoms with van der Waals surface area (Å²) >= 11 is 1.25. The SMILES string of the molecule is CCOC(=O)C(NC(=O)OCC1c2ccccc2-c2ccccc21)C(=O)N1CSC[C@H]1C(=O)O. The molecule has 2 amide bonds. The third-order valence-electron chi connectivity index (χ3n) is 5.83. The number of carbonyl (C=O) groups excluding carboxylic acids is 3. The Morgan fingerprint density at radius 2 is 1.68 bits per heavy atom. The molecule has 2 aromatic carbocycles. The normalized spacial score (nSPS) is 17.4. The molecule has 178 valence electrons. The maximum Gasteiger partial charge on any atom is 0.408 e. The number of benzene rings is 2. The van der Waals surface area contributed by atoms with Crippen LogP contribution in [0.5, 0.6) is 0 Å². The minimum absolute atomic E-state index is 0.000906. The lowest BCUT2D eigenvalue weighted by atomic mass is 9.98. The van der Waals surface area contributed by atoms with Gasteiger partial charge in [-0.1, -0.05) is 48.5 Å². The van der Waals surface area contributed by atoms with E-state index >= 15 is 0 Å². The van der Waals surface area contributed by atoms with E-state index in [0.29, 0.717) is 0 Å². The number of carboxylic acids is 1. The Morgan fingerprint density at radius 1 is 1.06 bits per heavy atom. The number of fused-ring (bicyclic) bond motifs is 3. The Balaban J connectivity index is 1.47. The molecule has 1 aliphatic heterocycles. The summed E-state index contributed by atoms with van der Waals surface area (Å²) in [5.74, 6) is -2.89. The largest absolute Gasteiger partial charge is 0.480 e. The smallest absolute Gasteiger partial charge is 0.408 e. The van der Waals surface area contributed by atoms with E-state index < -0.39 is 36.0 Å². The van der Waals surface area contributed by atoms with Crippen LogP contribution < -0.4 is 5.32 Å². The van der Waals surface area contributed by atoms with Crippen molar-refractivity contribution < 1.29 is 33.8 Å². The summed E-state index contributed by atoms with van der Waals surface area (Å²) in [4.78, 5) is 50.6. The Kier molecular flexibility index (Phi) is 7.06. The molecule has 34 heavy (non-hydrogen) atoms. The van der Waals surface area contributed by atoms with Crippen LogP contribution in [0.3, 0.4) is 0 Å². The third kappa shape index (κ3) is 4.58. The van der Waals surface area contributed by atoms with Gasteiger partial charge >= 0.3 is 18.0 Å². The number of amides is 2. The molecule has 1 saturated heterocycles. The molecule has 0 spiro atoms. The molecule has 1 aliphatic carbocycles. The van der Waals surface area contributed by atoms with Crippen molar-refractivity contribution in [2.24, 2.45) is 0 Å². The van der Waals surface area contributed by atoms with Gasteiger partial charge in [-0.25, -0.2) is 14.4 Å². The zero-order chi connectivity index (χ0) is 24.2. The average Bonchev–Trinajstić information content (AvgIpc) is 3.44. The Labute approximate surface area is 200 Å². The quantitative estimate of drug-likeness (QED) is 0.454. The first-order valence-corrected chi connectivity index (χ1v) is 12.0. The highest BCUT2D eigenvalue weighted by Crippen LogP contribution is 2.44. The van der Waals surface area contributed by atoms with Crippen molar-refractivity contribution in [2.45, 2.75) is 24.9 Å². The van der Waals surface area contributed by atoms with Gasteiger partial charge in [-0.05, 0) is 29.2 Å². The second kappa shape index (κ2) is 10.2. The lowest BCUT2D eigenvalue weighted by Crippen LogP contribution is -2.56. The van der Waals surface area contributed by atoms with E-state index in [2.05, 4.69) is 5.32 Å². The van der Waals surface area contributed by atoms with Gasteiger partial charge in [-0.2, -0.15) is 0 Å². The fraction of sp³-hybridized carbons (Fsp3) is 0.333. The second-order valence-corrected chi connectivity index (χ2v) is 8.82. The fourth-order valence-corrected chi connectivity index (χ4v) is 5.39. The van der Waals surface area contributed by atoms with Crippen LogP contribution in [0.2, 0.25) is 0 Å². The number of hydrogen-bond acceptors (Lipinski definition) is 7. The predicted octanol–water partition coefficient (Wildman–Crippen LogP) is 2.44. The number of thioether (sulfide) groups is 1. The predicted molar refractivity (Wildman–Crippen MR) is 124 cm³/mol. The van der Waals surface area contributed by atoms with Crippen LogP contribution in [0.4, 0.5) is 4.79 Å². The molecule has 1 fully saturated rings. The molecule has 0 bridgehead atoms. The van der Waals surface area contributed by atoms with Gasteiger partial charge in [0.15, 0.2) is 0 Å². The molecule has 4 rings (SSSR count). The molecule has 2 atom stereocenters. The topological polar surface area (TPSA) is 122 Å². The molecule has 2 N–H and O–H groups in total. The highest BCUT2D eigenvalue weighted by Gasteiger charge is 2.42. The van der Waals surface area contributed by atoms with Crippen LogP contribution in [-0.2, 0) is 23.9 Å². The molecule has 9 nitrogen and oxygen atoms in total. The summed E-state index contributed by atoms with van der Waals surface area (Å²) in [7, 11) is 0. The Morgan fingerprint density at radius 3 is 2.26 bits per heavy atom. The number of nitrogens with one attached hydrogen (secondary N) is 1. The first-order chi connectivity index (χ1) is 16.4. The number of carbonyl (C=O) groups is 4. The maximum atomic E-state index is 13.0. The van der Waals surface area contributed by atoms with Gasteiger partial charge in [-0.15, -0.1) is 11.8 Å². The number of rotatable bonds is 7. The zero-order valence-electron chi connectivity index (χ0n) is 18.4. The van der Waals surface area contributed by atoms with E-state index in [1.165, 1.54) is 11.8 Å². The van der Waals surface area contributed by atoms with Crippen LogP contribution in [0.15, 0.2) is 48.5 Å². The summed E-state index contributed by atoms with van der Waals surface area (Å²) in [5, 5.41) is 11.6. The van der Waals surface area contributed by atoms with Crippen molar-refractivity contribution in [2.75, 3.05) is 24.8 Å². The van der Waals surface area contributed by atoms with E-state index in [-0.39, 0.29) is 30.8 Å². The van der Waals surface area contributed by atoms with Crippen LogP contribution in [0, 0.1) is 0 Å². The van der Waals surface area contributed by atoms with Crippen LogP contribution in [0.1, 0.15) is 24.0 Å². The molecular weight excluding hydrogens is 460 g/mol. The lowest BCUT2D eigenvalue weighted by Gasteiger charge is -2.25. The molecule has 1 heterocycles. The van der Waals surface area contributed by atoms with Gasteiger partial charge in [0.05, 0.1) is 12.5 Å². The fourth-order valence-electron chi connectivity index (χ4n) is 4.24. The molecule has 1 unspecified atom stereocenters. The first-order valence-electron chi connectivity index (χ1n) is 10.8. The van der Waals surface area contributed by atoms with Gasteiger partial charge in [-0.3, -0.25) is 10.1 Å². The number of aliphatic carboxylic acids is 1. The zero-order valence-corrected chi connectivity index (χ0v) is 19.2. The van der Waals surface area contributed by atoms with E-state index in [1.54, 1.807) is 6.92 Å². The molecule has 0 aromatic heterocycles. The summed E-state index contributed by atoms with van der Waals surface area (Å²) < 4.78 is 10.4. The van der Waals surface area contributed by atoms with Crippen molar-refractivity contribution in [3.8, 4) is 11.1 Å². The van der Waals surface area contributed by atoms with Crippen molar-refractivity contribution >= 4 is 35.7 Å². The van der Waals surface area contributed by atoms with E-state index in [4.69, 9.17) is 9.47 Å². The number of nitrogens with zero attached hydrogens (tertiary/aromatic N) is 1. The van der Waals surface area contributed by atoms with Crippen molar-refractivity contribution in [3.63, 3.8) is 0 Å². The number of hydrogen-bond donors (Lipinski definition) is 2. The highest BCUT2D eigenvalue weighted by molar-refractivity contribution is 7.99. The van der Waals surface area contributed by atoms with Crippen molar-refractivity contribution in [3.05, 3.63) is 59.7 Å². The van der Waals surface area contributed by atoms with E-state index in [0.717, 1.165) is 27.2 Å². The number of carboxylic acid groups (broad SMARTS) is 1. The molecule has 2 aromatic rings. The van der Waals surface area contributed by atoms with Crippen molar-refractivity contribution in [1.29, 1.82) is 0 Å². The first kappa shape index (κ1) is 23.6. The second-order valence-electron chi connectivity index (χ2n) is 7.82. The molecule has 2 aliphatic rings. The minimum atomic E-state index is -1.70. The molecule has 0 saturated carbocycles. The Bertz CT molecular complexity index is 1080. The summed E-state index contributed by atoms with van der Waals surface area (Å²) in [6.07, 6.45) is -0.966. The summed E-state index contributed by atoms with van der Waals surface area (Å²) in [5.41, 5.74) is 4.18. The number of esters is 1. The van der Waals surface area contributed by atoms with E-state index in [9.17, 15) is 24.3 Å². The van der Waals surface area contributed by atoms with Crippen LogP contribution >= 0.6 is 11.8 Å². The van der Waals surface area contributed by atoms with Crippen LogP contribution in [0.25, 0.3) is 11.1 Å². The number of alkyl carbamates (subject to hydrolysis) is 1. The number of ether oxygens (including phenoxy) is 2. The summed E-state index contributed by atoms with van der Waals surface area (Å²) in [6.45, 7) is 1.56. The van der Waals surface area contributed by atoms with E-state index in [1.807, 2.05) is 48.5 Å². The average molecular weight is 485 g/mol. The maximum absolute atomic E-state index is 13.0. The molecule has 0 radical (unpaired) electrons. The molecular formula is C24H24N2O7S. The van der Waals surface area contributed by atoms with Gasteiger partial charge < -0.3 is 19.5 Å². The van der Waals surface area contributed by atoms with Gasteiger partial charge in [0.2, 0.25) is 6.04 Å². The standard InChI is InChI=1S/C24H24N2O7S/c1-2-32-23(30)20(21(27)26-13-34-12-19(26)22(28)29)25-24(31)33-11-18-16-9-5-3-7-14(16)15-8-4-6-10-17(15)18/h3-10,18-20H,2,11-13H2,1H3,(H,25,31)(H,28,29)/t19-,20?/m0/s1. The minimum Gasteiger partial charge on any atom is -0.480 e. The Hall–Kier alpha value is -3.53. The van der Waals surface area contributed by atoms with Crippen molar-refractivity contribution in [1.82, 2.24) is 10.2 Å². The van der Waals surface area contributed by atoms with Gasteiger partial charge in [0, 0.05) is 11.7 Å². The van der Waals surface area contributed by atoms with Gasteiger partial charge in [0.1, 0.15) is 12.6 Å².